The van der Waals surface area contributed by atoms with E-state index in [1.165, 1.54) is 6.07 Å². The van der Waals surface area contributed by atoms with Crippen LogP contribution in [0.2, 0.25) is 0 Å². The molecule has 5 heteroatoms. The molecule has 5 nitrogen and oxygen atoms in total. The van der Waals surface area contributed by atoms with Gasteiger partial charge in [-0.25, -0.2) is 14.8 Å². The molecule has 0 aliphatic carbocycles. The molecule has 1 heterocycles. The molecule has 0 saturated heterocycles. The van der Waals surface area contributed by atoms with Gasteiger partial charge in [-0.1, -0.05) is 37.3 Å². The van der Waals surface area contributed by atoms with E-state index >= 15 is 0 Å². The van der Waals surface area contributed by atoms with Crippen LogP contribution < -0.4 is 0 Å². The van der Waals surface area contributed by atoms with Gasteiger partial charge in [0.25, 0.3) is 0 Å². The van der Waals surface area contributed by atoms with Gasteiger partial charge in [0.2, 0.25) is 0 Å². The van der Waals surface area contributed by atoms with Crippen molar-refractivity contribution in [3.8, 4) is 11.4 Å². The van der Waals surface area contributed by atoms with Crippen LogP contribution in [0.5, 0.6) is 0 Å². The highest BCUT2D eigenvalue weighted by atomic mass is 16.4. The lowest BCUT2D eigenvalue weighted by Crippen LogP contribution is -2.08. The fourth-order valence-corrected chi connectivity index (χ4v) is 1.67. The average Bonchev–Trinajstić information content (AvgIpc) is 2.46. The molecule has 19 heavy (non-hydrogen) atoms. The Bertz CT molecular complexity index is 584. The summed E-state index contributed by atoms with van der Waals surface area (Å²) in [5, 5.41) is 18.9. The molecule has 1 aromatic heterocycles. The molecule has 1 aromatic carbocycles. The van der Waals surface area contributed by atoms with Crippen molar-refractivity contribution in [2.24, 2.45) is 0 Å². The van der Waals surface area contributed by atoms with Crippen LogP contribution in [0.25, 0.3) is 11.4 Å². The topological polar surface area (TPSA) is 83.3 Å². The van der Waals surface area contributed by atoms with E-state index in [9.17, 15) is 9.90 Å². The summed E-state index contributed by atoms with van der Waals surface area (Å²) in [6, 6.07) is 10.4. The number of rotatable bonds is 4. The Morgan fingerprint density at radius 2 is 1.95 bits per heavy atom. The molecule has 2 N–H and O–H groups in total. The number of nitrogens with zero attached hydrogens (tertiary/aromatic N) is 2. The van der Waals surface area contributed by atoms with Crippen molar-refractivity contribution in [3.63, 3.8) is 0 Å². The summed E-state index contributed by atoms with van der Waals surface area (Å²) < 4.78 is 0. The summed E-state index contributed by atoms with van der Waals surface area (Å²) in [5.74, 6) is -0.827. The first-order valence-corrected chi connectivity index (χ1v) is 5.97. The number of aromatic carboxylic acids is 1. The van der Waals surface area contributed by atoms with Crippen LogP contribution in [0.3, 0.4) is 0 Å². The molecule has 0 bridgehead atoms. The molecule has 1 atom stereocenters. The number of benzene rings is 1. The Hall–Kier alpha value is -2.27. The van der Waals surface area contributed by atoms with E-state index in [-0.39, 0.29) is 5.69 Å². The van der Waals surface area contributed by atoms with Crippen LogP contribution in [-0.4, -0.2) is 26.2 Å². The molecule has 0 spiro atoms. The molecule has 2 rings (SSSR count). The van der Waals surface area contributed by atoms with E-state index in [0.717, 1.165) is 5.56 Å². The SMILES string of the molecule is CCC(O)c1cc(C(=O)O)nc(-c2ccccc2)n1. The Morgan fingerprint density at radius 1 is 1.26 bits per heavy atom. The van der Waals surface area contributed by atoms with Crippen LogP contribution in [0, 0.1) is 0 Å². The van der Waals surface area contributed by atoms with Gasteiger partial charge in [-0.2, -0.15) is 0 Å². The number of aliphatic hydroxyl groups is 1. The molecular weight excluding hydrogens is 244 g/mol. The lowest BCUT2D eigenvalue weighted by atomic mass is 10.1. The molecule has 0 radical (unpaired) electrons. The van der Waals surface area contributed by atoms with E-state index in [4.69, 9.17) is 5.11 Å². The van der Waals surface area contributed by atoms with E-state index in [2.05, 4.69) is 9.97 Å². The second kappa shape index (κ2) is 5.58. The van der Waals surface area contributed by atoms with Gasteiger partial charge in [0.15, 0.2) is 11.5 Å². The smallest absolute Gasteiger partial charge is 0.354 e. The van der Waals surface area contributed by atoms with Crippen LogP contribution in [0.1, 0.15) is 35.6 Å². The zero-order valence-electron chi connectivity index (χ0n) is 10.4. The van der Waals surface area contributed by atoms with Crippen molar-refractivity contribution in [3.05, 3.63) is 47.8 Å². The zero-order chi connectivity index (χ0) is 13.8. The fourth-order valence-electron chi connectivity index (χ4n) is 1.67. The third-order valence-electron chi connectivity index (χ3n) is 2.73. The van der Waals surface area contributed by atoms with E-state index in [1.54, 1.807) is 19.1 Å². The second-order valence-corrected chi connectivity index (χ2v) is 4.10. The minimum atomic E-state index is -1.14. The standard InChI is InChI=1S/C14H14N2O3/c1-2-12(17)10-8-11(14(18)19)16-13(15-10)9-6-4-3-5-7-9/h3-8,12,17H,2H2,1H3,(H,18,19). The molecule has 0 fully saturated rings. The maximum absolute atomic E-state index is 11.1. The predicted molar refractivity (Wildman–Crippen MR) is 69.7 cm³/mol. The number of carboxylic acids is 1. The first-order chi connectivity index (χ1) is 9.11. The third-order valence-corrected chi connectivity index (χ3v) is 2.73. The van der Waals surface area contributed by atoms with Crippen molar-refractivity contribution in [1.82, 2.24) is 9.97 Å². The lowest BCUT2D eigenvalue weighted by molar-refractivity contribution is 0.0689. The Kier molecular flexibility index (Phi) is 3.87. The van der Waals surface area contributed by atoms with Gasteiger partial charge in [0.05, 0.1) is 11.8 Å². The third kappa shape index (κ3) is 2.95. The first-order valence-electron chi connectivity index (χ1n) is 5.97. The highest BCUT2D eigenvalue weighted by Gasteiger charge is 2.15. The predicted octanol–water partition coefficient (Wildman–Crippen LogP) is 2.29. The number of hydrogen-bond acceptors (Lipinski definition) is 4. The maximum atomic E-state index is 11.1. The molecule has 98 valence electrons. The maximum Gasteiger partial charge on any atom is 0.354 e. The lowest BCUT2D eigenvalue weighted by Gasteiger charge is -2.10. The Morgan fingerprint density at radius 3 is 2.53 bits per heavy atom. The highest BCUT2D eigenvalue weighted by Crippen LogP contribution is 2.20. The largest absolute Gasteiger partial charge is 0.477 e. The average molecular weight is 258 g/mol. The van der Waals surface area contributed by atoms with Crippen LogP contribution in [0.15, 0.2) is 36.4 Å². The van der Waals surface area contributed by atoms with Crippen molar-refractivity contribution in [1.29, 1.82) is 0 Å². The minimum absolute atomic E-state index is 0.114. The number of carboxylic acid groups (broad SMARTS) is 1. The molecule has 0 amide bonds. The van der Waals surface area contributed by atoms with E-state index in [1.807, 2.05) is 18.2 Å². The summed E-state index contributed by atoms with van der Waals surface area (Å²) in [5.41, 5.74) is 0.931. The fraction of sp³-hybridized carbons (Fsp3) is 0.214. The molecule has 0 aliphatic heterocycles. The van der Waals surface area contributed by atoms with Gasteiger partial charge in [-0.05, 0) is 12.5 Å². The van der Waals surface area contributed by atoms with Crippen molar-refractivity contribution in [2.75, 3.05) is 0 Å². The number of hydrogen-bond donors (Lipinski definition) is 2. The number of aromatic nitrogens is 2. The van der Waals surface area contributed by atoms with Crippen molar-refractivity contribution >= 4 is 5.97 Å². The zero-order valence-corrected chi connectivity index (χ0v) is 10.4. The molecule has 0 aliphatic rings. The second-order valence-electron chi connectivity index (χ2n) is 4.10. The summed E-state index contributed by atoms with van der Waals surface area (Å²) in [6.45, 7) is 1.80. The van der Waals surface area contributed by atoms with Gasteiger partial charge in [-0.15, -0.1) is 0 Å². The first kappa shape index (κ1) is 13.2. The van der Waals surface area contributed by atoms with E-state index < -0.39 is 12.1 Å². The molecular formula is C14H14N2O3. The highest BCUT2D eigenvalue weighted by molar-refractivity contribution is 5.86. The Labute approximate surface area is 110 Å². The Balaban J connectivity index is 2.55. The monoisotopic (exact) mass is 258 g/mol. The van der Waals surface area contributed by atoms with Crippen LogP contribution in [-0.2, 0) is 0 Å². The number of aliphatic hydroxyl groups excluding tert-OH is 1. The minimum Gasteiger partial charge on any atom is -0.477 e. The van der Waals surface area contributed by atoms with Crippen molar-refractivity contribution in [2.45, 2.75) is 19.4 Å². The van der Waals surface area contributed by atoms with E-state index in [0.29, 0.717) is 17.9 Å². The normalized spacial score (nSPS) is 12.1. The number of carbonyl (C=O) groups is 1. The molecule has 0 saturated carbocycles. The summed E-state index contributed by atoms with van der Waals surface area (Å²) in [6.07, 6.45) is -0.326. The molecule has 1 unspecified atom stereocenters. The summed E-state index contributed by atoms with van der Waals surface area (Å²) in [7, 11) is 0. The van der Waals surface area contributed by atoms with Crippen LogP contribution >= 0.6 is 0 Å². The summed E-state index contributed by atoms with van der Waals surface area (Å²) >= 11 is 0. The summed E-state index contributed by atoms with van der Waals surface area (Å²) in [4.78, 5) is 19.3. The van der Waals surface area contributed by atoms with Crippen molar-refractivity contribution < 1.29 is 15.0 Å². The van der Waals surface area contributed by atoms with Gasteiger partial charge in [0.1, 0.15) is 0 Å². The quantitative estimate of drug-likeness (QED) is 0.879. The van der Waals surface area contributed by atoms with Gasteiger partial charge < -0.3 is 10.2 Å². The van der Waals surface area contributed by atoms with Crippen LogP contribution in [0.4, 0.5) is 0 Å². The van der Waals surface area contributed by atoms with Gasteiger partial charge in [-0.3, -0.25) is 0 Å². The van der Waals surface area contributed by atoms with Gasteiger partial charge in [0, 0.05) is 5.56 Å². The molecule has 2 aromatic rings. The van der Waals surface area contributed by atoms with Gasteiger partial charge >= 0.3 is 5.97 Å².